The number of aromatic nitrogens is 3. The average molecular weight is 217 g/mol. The second-order valence-electron chi connectivity index (χ2n) is 4.01. The molecule has 2 aromatic rings. The monoisotopic (exact) mass is 217 g/mol. The van der Waals surface area contributed by atoms with Gasteiger partial charge in [-0.3, -0.25) is 4.79 Å². The number of benzene rings is 1. The Morgan fingerprint density at radius 2 is 2.19 bits per heavy atom. The SMILES string of the molecule is CCC(C)C(=O)Cn1nnc2ccccc21. The molecule has 0 spiro atoms. The van der Waals surface area contributed by atoms with Gasteiger partial charge in [0.1, 0.15) is 12.1 Å². The van der Waals surface area contributed by atoms with Gasteiger partial charge in [-0.1, -0.05) is 31.2 Å². The number of nitrogens with zero attached hydrogens (tertiary/aromatic N) is 3. The number of para-hydroxylation sites is 1. The Morgan fingerprint density at radius 1 is 1.44 bits per heavy atom. The quantitative estimate of drug-likeness (QED) is 0.787. The van der Waals surface area contributed by atoms with Gasteiger partial charge in [0.05, 0.1) is 5.52 Å². The molecule has 4 nitrogen and oxygen atoms in total. The molecule has 1 unspecified atom stereocenters. The van der Waals surface area contributed by atoms with Crippen molar-refractivity contribution in [2.24, 2.45) is 5.92 Å². The summed E-state index contributed by atoms with van der Waals surface area (Å²) in [5, 5.41) is 8.02. The van der Waals surface area contributed by atoms with Crippen molar-refractivity contribution in [2.45, 2.75) is 26.8 Å². The van der Waals surface area contributed by atoms with E-state index in [0.717, 1.165) is 17.5 Å². The van der Waals surface area contributed by atoms with Gasteiger partial charge in [-0.2, -0.15) is 0 Å². The van der Waals surface area contributed by atoms with E-state index in [-0.39, 0.29) is 11.7 Å². The number of fused-ring (bicyclic) bond motifs is 1. The fourth-order valence-electron chi connectivity index (χ4n) is 1.57. The molecule has 16 heavy (non-hydrogen) atoms. The van der Waals surface area contributed by atoms with E-state index in [0.29, 0.717) is 6.54 Å². The first-order chi connectivity index (χ1) is 7.72. The smallest absolute Gasteiger partial charge is 0.157 e. The summed E-state index contributed by atoms with van der Waals surface area (Å²) < 4.78 is 1.67. The number of carbonyl (C=O) groups is 1. The highest BCUT2D eigenvalue weighted by Crippen LogP contribution is 2.11. The van der Waals surface area contributed by atoms with E-state index in [4.69, 9.17) is 0 Å². The summed E-state index contributed by atoms with van der Waals surface area (Å²) in [6.07, 6.45) is 0.867. The molecule has 84 valence electrons. The minimum atomic E-state index is 0.0861. The number of hydrogen-bond acceptors (Lipinski definition) is 3. The van der Waals surface area contributed by atoms with Crippen LogP contribution in [0.2, 0.25) is 0 Å². The van der Waals surface area contributed by atoms with Crippen LogP contribution in [0.1, 0.15) is 20.3 Å². The summed E-state index contributed by atoms with van der Waals surface area (Å²) >= 11 is 0. The van der Waals surface area contributed by atoms with Crippen LogP contribution in [-0.2, 0) is 11.3 Å². The second kappa shape index (κ2) is 4.43. The standard InChI is InChI=1S/C12H15N3O/c1-3-9(2)12(16)8-15-11-7-5-4-6-10(11)13-14-15/h4-7,9H,3,8H2,1-2H3. The van der Waals surface area contributed by atoms with Crippen molar-refractivity contribution in [2.75, 3.05) is 0 Å². The molecule has 2 rings (SSSR count). The summed E-state index contributed by atoms with van der Waals surface area (Å²) in [7, 11) is 0. The second-order valence-corrected chi connectivity index (χ2v) is 4.01. The molecule has 1 aromatic heterocycles. The number of carbonyl (C=O) groups excluding carboxylic acids is 1. The number of ketones is 1. The lowest BCUT2D eigenvalue weighted by Gasteiger charge is -2.07. The summed E-state index contributed by atoms with van der Waals surface area (Å²) in [4.78, 5) is 11.8. The molecule has 0 fully saturated rings. The van der Waals surface area contributed by atoms with E-state index in [2.05, 4.69) is 10.3 Å². The van der Waals surface area contributed by atoms with Crippen molar-refractivity contribution >= 4 is 16.8 Å². The predicted octanol–water partition coefficient (Wildman–Crippen LogP) is 2.05. The molecule has 1 heterocycles. The maximum absolute atomic E-state index is 11.8. The Labute approximate surface area is 94.3 Å². The Morgan fingerprint density at radius 3 is 2.94 bits per heavy atom. The molecule has 0 saturated heterocycles. The van der Waals surface area contributed by atoms with Crippen molar-refractivity contribution in [1.29, 1.82) is 0 Å². The van der Waals surface area contributed by atoms with Gasteiger partial charge >= 0.3 is 0 Å². The van der Waals surface area contributed by atoms with Crippen LogP contribution < -0.4 is 0 Å². The molecule has 0 aliphatic rings. The fourth-order valence-corrected chi connectivity index (χ4v) is 1.57. The zero-order valence-corrected chi connectivity index (χ0v) is 9.55. The molecule has 0 aliphatic heterocycles. The lowest BCUT2D eigenvalue weighted by atomic mass is 10.0. The van der Waals surface area contributed by atoms with E-state index in [1.165, 1.54) is 0 Å². The molecule has 0 amide bonds. The third-order valence-electron chi connectivity index (χ3n) is 2.89. The largest absolute Gasteiger partial charge is 0.297 e. The van der Waals surface area contributed by atoms with Crippen molar-refractivity contribution in [3.05, 3.63) is 24.3 Å². The normalized spacial score (nSPS) is 12.9. The van der Waals surface area contributed by atoms with Crippen LogP contribution in [0.3, 0.4) is 0 Å². The Bertz CT molecular complexity index is 504. The first-order valence-corrected chi connectivity index (χ1v) is 5.53. The lowest BCUT2D eigenvalue weighted by Crippen LogP contribution is -2.18. The van der Waals surface area contributed by atoms with Gasteiger partial charge in [-0.25, -0.2) is 4.68 Å². The first-order valence-electron chi connectivity index (χ1n) is 5.53. The molecular weight excluding hydrogens is 202 g/mol. The van der Waals surface area contributed by atoms with E-state index in [9.17, 15) is 4.79 Å². The molecule has 0 aliphatic carbocycles. The number of hydrogen-bond donors (Lipinski definition) is 0. The Balaban J connectivity index is 2.25. The highest BCUT2D eigenvalue weighted by atomic mass is 16.1. The molecule has 4 heteroatoms. The van der Waals surface area contributed by atoms with E-state index < -0.39 is 0 Å². The summed E-state index contributed by atoms with van der Waals surface area (Å²) in [5.41, 5.74) is 1.75. The summed E-state index contributed by atoms with van der Waals surface area (Å²) in [5.74, 6) is 0.293. The van der Waals surface area contributed by atoms with Crippen LogP contribution in [0.25, 0.3) is 11.0 Å². The molecule has 1 aromatic carbocycles. The third kappa shape index (κ3) is 1.96. The molecule has 0 saturated carbocycles. The van der Waals surface area contributed by atoms with Gasteiger partial charge in [0, 0.05) is 5.92 Å². The molecular formula is C12H15N3O. The summed E-state index contributed by atoms with van der Waals surface area (Å²) in [6.45, 7) is 4.28. The van der Waals surface area contributed by atoms with Gasteiger partial charge in [-0.15, -0.1) is 5.10 Å². The van der Waals surface area contributed by atoms with Crippen molar-refractivity contribution < 1.29 is 4.79 Å². The van der Waals surface area contributed by atoms with Crippen LogP contribution in [0, 0.1) is 5.92 Å². The van der Waals surface area contributed by atoms with Crippen LogP contribution in [0.15, 0.2) is 24.3 Å². The minimum absolute atomic E-state index is 0.0861. The maximum Gasteiger partial charge on any atom is 0.157 e. The lowest BCUT2D eigenvalue weighted by molar-refractivity contribution is -0.123. The number of rotatable bonds is 4. The van der Waals surface area contributed by atoms with Gasteiger partial charge in [0.25, 0.3) is 0 Å². The Hall–Kier alpha value is -1.71. The van der Waals surface area contributed by atoms with Gasteiger partial charge < -0.3 is 0 Å². The minimum Gasteiger partial charge on any atom is -0.297 e. The van der Waals surface area contributed by atoms with E-state index in [1.54, 1.807) is 4.68 Å². The third-order valence-corrected chi connectivity index (χ3v) is 2.89. The van der Waals surface area contributed by atoms with E-state index >= 15 is 0 Å². The predicted molar refractivity (Wildman–Crippen MR) is 62.0 cm³/mol. The van der Waals surface area contributed by atoms with E-state index in [1.807, 2.05) is 38.1 Å². The maximum atomic E-state index is 11.8. The number of Topliss-reactive ketones (excluding diaryl/α,β-unsaturated/α-hetero) is 1. The zero-order valence-electron chi connectivity index (χ0n) is 9.55. The average Bonchev–Trinajstić information content (AvgIpc) is 2.72. The first kappa shape index (κ1) is 10.8. The highest BCUT2D eigenvalue weighted by molar-refractivity contribution is 5.82. The molecule has 0 radical (unpaired) electrons. The summed E-state index contributed by atoms with van der Waals surface area (Å²) in [6, 6.07) is 7.67. The van der Waals surface area contributed by atoms with Crippen LogP contribution in [0.5, 0.6) is 0 Å². The molecule has 0 bridgehead atoms. The topological polar surface area (TPSA) is 47.8 Å². The van der Waals surface area contributed by atoms with Crippen LogP contribution in [0.4, 0.5) is 0 Å². The molecule has 0 N–H and O–H groups in total. The van der Waals surface area contributed by atoms with Crippen molar-refractivity contribution in [1.82, 2.24) is 15.0 Å². The van der Waals surface area contributed by atoms with Crippen molar-refractivity contribution in [3.63, 3.8) is 0 Å². The van der Waals surface area contributed by atoms with Crippen molar-refractivity contribution in [3.8, 4) is 0 Å². The van der Waals surface area contributed by atoms with Crippen LogP contribution >= 0.6 is 0 Å². The van der Waals surface area contributed by atoms with Gasteiger partial charge in [0.15, 0.2) is 5.78 Å². The highest BCUT2D eigenvalue weighted by Gasteiger charge is 2.13. The van der Waals surface area contributed by atoms with Gasteiger partial charge in [0.2, 0.25) is 0 Å². The van der Waals surface area contributed by atoms with Gasteiger partial charge in [-0.05, 0) is 18.6 Å². The fraction of sp³-hybridized carbons (Fsp3) is 0.417. The Kier molecular flexibility index (Phi) is 2.99. The van der Waals surface area contributed by atoms with Crippen LogP contribution in [-0.4, -0.2) is 20.8 Å². The molecule has 1 atom stereocenters. The zero-order chi connectivity index (χ0) is 11.5.